The molecule has 1 atom stereocenters. The fourth-order valence-electron chi connectivity index (χ4n) is 2.12. The number of amides is 1. The van der Waals surface area contributed by atoms with Crippen LogP contribution in [0.15, 0.2) is 4.52 Å². The molecule has 1 aromatic heterocycles. The number of nitrogens with one attached hydrogen (secondary N) is 1. The van der Waals surface area contributed by atoms with Gasteiger partial charge in [-0.25, -0.2) is 8.42 Å². The highest BCUT2D eigenvalue weighted by Gasteiger charge is 2.32. The predicted octanol–water partition coefficient (Wildman–Crippen LogP) is 0.319. The zero-order valence-electron chi connectivity index (χ0n) is 11.6. The Bertz CT molecular complexity index is 579. The van der Waals surface area contributed by atoms with E-state index in [1.807, 2.05) is 0 Å². The number of hydrogen-bond donors (Lipinski definition) is 1. The summed E-state index contributed by atoms with van der Waals surface area (Å²) in [5.74, 6) is 0.680. The number of sulfone groups is 1. The molecule has 0 aliphatic carbocycles. The largest absolute Gasteiger partial charge is 0.347 e. The lowest BCUT2D eigenvalue weighted by Gasteiger charge is -2.06. The van der Waals surface area contributed by atoms with Crippen LogP contribution in [0.1, 0.15) is 32.0 Å². The lowest BCUT2D eigenvalue weighted by molar-refractivity contribution is -0.124. The van der Waals surface area contributed by atoms with Crippen molar-refractivity contribution in [3.63, 3.8) is 0 Å². The number of carbonyl (C=O) groups is 1. The summed E-state index contributed by atoms with van der Waals surface area (Å²) in [6, 6.07) is 0. The molecule has 2 rings (SSSR count). The monoisotopic (exact) mass is 301 g/mol. The Morgan fingerprint density at radius 2 is 2.25 bits per heavy atom. The summed E-state index contributed by atoms with van der Waals surface area (Å²) in [6.07, 6.45) is 1.11. The van der Waals surface area contributed by atoms with Gasteiger partial charge in [-0.1, -0.05) is 19.0 Å². The van der Waals surface area contributed by atoms with Gasteiger partial charge in [0.1, 0.15) is 0 Å². The van der Waals surface area contributed by atoms with Crippen molar-refractivity contribution in [2.75, 3.05) is 11.5 Å². The first kappa shape index (κ1) is 15.0. The second kappa shape index (κ2) is 5.90. The van der Waals surface area contributed by atoms with Crippen LogP contribution in [-0.4, -0.2) is 36.0 Å². The third-order valence-electron chi connectivity index (χ3n) is 3.12. The van der Waals surface area contributed by atoms with Gasteiger partial charge < -0.3 is 9.84 Å². The van der Waals surface area contributed by atoms with E-state index in [4.69, 9.17) is 4.52 Å². The zero-order chi connectivity index (χ0) is 14.8. The predicted molar refractivity (Wildman–Crippen MR) is 71.4 cm³/mol. The maximum absolute atomic E-state index is 11.8. The lowest BCUT2D eigenvalue weighted by Crippen LogP contribution is -2.31. The Kier molecular flexibility index (Phi) is 4.42. The molecule has 112 valence electrons. The van der Waals surface area contributed by atoms with Crippen LogP contribution in [0.5, 0.6) is 0 Å². The van der Waals surface area contributed by atoms with E-state index >= 15 is 0 Å². The molecule has 1 unspecified atom stereocenters. The Labute approximate surface area is 118 Å². The van der Waals surface area contributed by atoms with Crippen LogP contribution in [-0.2, 0) is 27.6 Å². The van der Waals surface area contributed by atoms with Crippen LogP contribution in [0.25, 0.3) is 0 Å². The van der Waals surface area contributed by atoms with Crippen LogP contribution in [0.3, 0.4) is 0 Å². The smallest absolute Gasteiger partial charge is 0.246 e. The average molecular weight is 301 g/mol. The fraction of sp³-hybridized carbons (Fsp3) is 0.750. The second-order valence-corrected chi connectivity index (χ2v) is 7.75. The molecule has 0 saturated carbocycles. The number of aromatic nitrogens is 2. The van der Waals surface area contributed by atoms with Crippen LogP contribution >= 0.6 is 0 Å². The zero-order valence-corrected chi connectivity index (χ0v) is 12.4. The quantitative estimate of drug-likeness (QED) is 0.840. The maximum atomic E-state index is 11.8. The molecule has 0 spiro atoms. The van der Waals surface area contributed by atoms with Gasteiger partial charge in [0.2, 0.25) is 11.8 Å². The minimum absolute atomic E-state index is 0.0682. The van der Waals surface area contributed by atoms with E-state index < -0.39 is 15.8 Å². The van der Waals surface area contributed by atoms with E-state index in [0.29, 0.717) is 24.1 Å². The average Bonchev–Trinajstić information content (AvgIpc) is 2.92. The van der Waals surface area contributed by atoms with Crippen molar-refractivity contribution in [2.24, 2.45) is 11.8 Å². The molecule has 0 radical (unpaired) electrons. The number of hydrogen-bond acceptors (Lipinski definition) is 6. The first-order valence-electron chi connectivity index (χ1n) is 6.65. The summed E-state index contributed by atoms with van der Waals surface area (Å²) >= 11 is 0. The molecule has 1 amide bonds. The number of nitrogens with zero attached hydrogens (tertiary/aromatic N) is 2. The summed E-state index contributed by atoms with van der Waals surface area (Å²) in [7, 11) is -3.05. The fourth-order valence-corrected chi connectivity index (χ4v) is 3.86. The first-order chi connectivity index (χ1) is 9.35. The molecule has 1 fully saturated rings. The summed E-state index contributed by atoms with van der Waals surface area (Å²) in [4.78, 5) is 16.0. The maximum Gasteiger partial charge on any atom is 0.246 e. The van der Waals surface area contributed by atoms with Crippen LogP contribution in [0, 0.1) is 11.8 Å². The molecule has 0 aromatic carbocycles. The summed E-state index contributed by atoms with van der Waals surface area (Å²) in [5.41, 5.74) is 0. The molecule has 1 saturated heterocycles. The lowest BCUT2D eigenvalue weighted by atomic mass is 10.1. The highest BCUT2D eigenvalue weighted by atomic mass is 32.2. The molecule has 8 heteroatoms. The Balaban J connectivity index is 1.83. The molecule has 0 bridgehead atoms. The molecule has 1 N–H and O–H groups in total. The van der Waals surface area contributed by atoms with Gasteiger partial charge >= 0.3 is 0 Å². The molecule has 7 nitrogen and oxygen atoms in total. The third-order valence-corrected chi connectivity index (χ3v) is 4.89. The van der Waals surface area contributed by atoms with Crippen molar-refractivity contribution >= 4 is 15.7 Å². The van der Waals surface area contributed by atoms with Gasteiger partial charge in [0, 0.05) is 6.42 Å². The summed E-state index contributed by atoms with van der Waals surface area (Å²) in [6.45, 7) is 4.25. The van der Waals surface area contributed by atoms with Gasteiger partial charge in [-0.05, 0) is 12.3 Å². The van der Waals surface area contributed by atoms with Gasteiger partial charge in [-0.3, -0.25) is 4.79 Å². The SMILES string of the molecule is CC(C)Cc1noc(CNC(=O)C2CCS(=O)(=O)C2)n1. The van der Waals surface area contributed by atoms with Gasteiger partial charge in [-0.2, -0.15) is 4.98 Å². The van der Waals surface area contributed by atoms with E-state index in [0.717, 1.165) is 6.42 Å². The molecule has 20 heavy (non-hydrogen) atoms. The minimum Gasteiger partial charge on any atom is -0.347 e. The van der Waals surface area contributed by atoms with Crippen molar-refractivity contribution in [1.29, 1.82) is 0 Å². The van der Waals surface area contributed by atoms with E-state index in [2.05, 4.69) is 29.3 Å². The van der Waals surface area contributed by atoms with Crippen molar-refractivity contribution in [3.8, 4) is 0 Å². The molecular weight excluding hydrogens is 282 g/mol. The van der Waals surface area contributed by atoms with Crippen molar-refractivity contribution < 1.29 is 17.7 Å². The van der Waals surface area contributed by atoms with Gasteiger partial charge in [0.25, 0.3) is 0 Å². The highest BCUT2D eigenvalue weighted by Crippen LogP contribution is 2.18. The van der Waals surface area contributed by atoms with E-state index in [1.54, 1.807) is 0 Å². The van der Waals surface area contributed by atoms with Crippen LogP contribution < -0.4 is 5.32 Å². The van der Waals surface area contributed by atoms with Crippen molar-refractivity contribution in [1.82, 2.24) is 15.5 Å². The molecule has 2 heterocycles. The van der Waals surface area contributed by atoms with E-state index in [1.165, 1.54) is 0 Å². The standard InChI is InChI=1S/C12H19N3O4S/c1-8(2)5-10-14-11(19-15-10)6-13-12(16)9-3-4-20(17,18)7-9/h8-9H,3-7H2,1-2H3,(H,13,16). The number of rotatable bonds is 5. The topological polar surface area (TPSA) is 102 Å². The van der Waals surface area contributed by atoms with Crippen molar-refractivity contribution in [3.05, 3.63) is 11.7 Å². The van der Waals surface area contributed by atoms with E-state index in [9.17, 15) is 13.2 Å². The third kappa shape index (κ3) is 4.03. The second-order valence-electron chi connectivity index (χ2n) is 5.52. The van der Waals surface area contributed by atoms with Gasteiger partial charge in [0.05, 0.1) is 24.0 Å². The minimum atomic E-state index is -3.05. The van der Waals surface area contributed by atoms with Crippen LogP contribution in [0.2, 0.25) is 0 Å². The molecular formula is C12H19N3O4S. The van der Waals surface area contributed by atoms with E-state index in [-0.39, 0.29) is 24.0 Å². The van der Waals surface area contributed by atoms with Gasteiger partial charge in [0.15, 0.2) is 15.7 Å². The highest BCUT2D eigenvalue weighted by molar-refractivity contribution is 7.91. The molecule has 1 aromatic rings. The summed E-state index contributed by atoms with van der Waals surface area (Å²) in [5, 5.41) is 6.47. The number of carbonyl (C=O) groups excluding carboxylic acids is 1. The Morgan fingerprint density at radius 1 is 1.50 bits per heavy atom. The van der Waals surface area contributed by atoms with Crippen LogP contribution in [0.4, 0.5) is 0 Å². The summed E-state index contributed by atoms with van der Waals surface area (Å²) < 4.78 is 27.6. The normalized spacial score (nSPS) is 21.2. The van der Waals surface area contributed by atoms with Crippen molar-refractivity contribution in [2.45, 2.75) is 33.2 Å². The van der Waals surface area contributed by atoms with Gasteiger partial charge in [-0.15, -0.1) is 0 Å². The molecule has 1 aliphatic heterocycles. The molecule has 1 aliphatic rings. The first-order valence-corrected chi connectivity index (χ1v) is 8.47. The Hall–Kier alpha value is -1.44. The Morgan fingerprint density at radius 3 is 2.85 bits per heavy atom.